The van der Waals surface area contributed by atoms with Gasteiger partial charge in [0.1, 0.15) is 10.6 Å². The predicted molar refractivity (Wildman–Crippen MR) is 126 cm³/mol. The fourth-order valence-electron chi connectivity index (χ4n) is 2.77. The van der Waals surface area contributed by atoms with Gasteiger partial charge in [0.25, 0.3) is 0 Å². The Labute approximate surface area is 189 Å². The molecule has 1 aliphatic rings. The number of rotatable bonds is 3. The van der Waals surface area contributed by atoms with Crippen molar-refractivity contribution in [2.24, 2.45) is 4.99 Å². The number of aliphatic imine (C=N–C) groups is 1. The van der Waals surface area contributed by atoms with Crippen LogP contribution in [-0.4, -0.2) is 53.7 Å². The Morgan fingerprint density at radius 2 is 2.04 bits per heavy atom. The van der Waals surface area contributed by atoms with Crippen molar-refractivity contribution >= 4 is 47.4 Å². The maximum Gasteiger partial charge on any atom is 0.407 e. The Hall–Kier alpha value is -1.10. The number of likely N-dealkylation sites (tertiary alicyclic amines) is 1. The van der Waals surface area contributed by atoms with Crippen molar-refractivity contribution in [1.29, 1.82) is 0 Å². The van der Waals surface area contributed by atoms with Crippen LogP contribution >= 0.6 is 35.3 Å². The van der Waals surface area contributed by atoms with Crippen LogP contribution in [0.1, 0.15) is 58.7 Å². The number of nitrogens with one attached hydrogen (secondary N) is 2. The molecule has 0 aromatic carbocycles. The van der Waals surface area contributed by atoms with Crippen molar-refractivity contribution in [3.63, 3.8) is 0 Å². The van der Waals surface area contributed by atoms with Gasteiger partial charge in [-0.3, -0.25) is 4.99 Å². The molecule has 9 heteroatoms. The molecule has 1 aromatic rings. The normalized spacial score (nSPS) is 17.9. The van der Waals surface area contributed by atoms with E-state index < -0.39 is 5.60 Å². The van der Waals surface area contributed by atoms with Gasteiger partial charge in [0.15, 0.2) is 5.96 Å². The monoisotopic (exact) mass is 523 g/mol. The van der Waals surface area contributed by atoms with Crippen molar-refractivity contribution in [3.8, 4) is 0 Å². The van der Waals surface area contributed by atoms with Crippen LogP contribution in [0.4, 0.5) is 4.79 Å². The quantitative estimate of drug-likeness (QED) is 0.359. The molecule has 160 valence electrons. The lowest BCUT2D eigenvalue weighted by atomic mass is 9.93. The minimum Gasteiger partial charge on any atom is -0.444 e. The molecule has 1 aliphatic heterocycles. The average Bonchev–Trinajstić information content (AvgIpc) is 3.15. The Morgan fingerprint density at radius 1 is 1.36 bits per heavy atom. The molecule has 0 spiro atoms. The molecule has 2 heterocycles. The standard InChI is InChI=1S/C19H33N5O2S.HI/c1-18(2,3)14-12-27-15(23-14)10-21-16(20-7)24-9-8-13(11-24)22-17(25)26-19(4,5)6;/h12-13H,8-11H2,1-7H3,(H,20,21)(H,22,25);1H. The maximum absolute atomic E-state index is 12.0. The molecular weight excluding hydrogens is 489 g/mol. The lowest BCUT2D eigenvalue weighted by Crippen LogP contribution is -2.44. The van der Waals surface area contributed by atoms with E-state index in [0.717, 1.165) is 29.6 Å². The smallest absolute Gasteiger partial charge is 0.407 e. The van der Waals surface area contributed by atoms with Gasteiger partial charge in [0.2, 0.25) is 0 Å². The first kappa shape index (κ1) is 24.9. The first-order chi connectivity index (χ1) is 12.5. The van der Waals surface area contributed by atoms with Crippen molar-refractivity contribution in [2.75, 3.05) is 20.1 Å². The van der Waals surface area contributed by atoms with Crippen LogP contribution in [-0.2, 0) is 16.7 Å². The largest absolute Gasteiger partial charge is 0.444 e. The lowest BCUT2D eigenvalue weighted by molar-refractivity contribution is 0.0507. The van der Waals surface area contributed by atoms with E-state index in [1.54, 1.807) is 18.4 Å². The van der Waals surface area contributed by atoms with Crippen LogP contribution in [0, 0.1) is 0 Å². The summed E-state index contributed by atoms with van der Waals surface area (Å²) in [5.41, 5.74) is 0.688. The van der Waals surface area contributed by atoms with E-state index >= 15 is 0 Å². The van der Waals surface area contributed by atoms with Gasteiger partial charge in [-0.15, -0.1) is 35.3 Å². The minimum atomic E-state index is -0.487. The number of hydrogen-bond donors (Lipinski definition) is 2. The number of thiazole rings is 1. The van der Waals surface area contributed by atoms with Gasteiger partial charge in [-0.1, -0.05) is 20.8 Å². The third-order valence-electron chi connectivity index (χ3n) is 4.14. The number of alkyl carbamates (subject to hydrolysis) is 1. The molecule has 1 atom stereocenters. The van der Waals surface area contributed by atoms with E-state index in [-0.39, 0.29) is 41.5 Å². The zero-order valence-electron chi connectivity index (χ0n) is 18.0. The predicted octanol–water partition coefficient (Wildman–Crippen LogP) is 3.73. The summed E-state index contributed by atoms with van der Waals surface area (Å²) in [5.74, 6) is 0.830. The van der Waals surface area contributed by atoms with Gasteiger partial charge in [-0.2, -0.15) is 0 Å². The number of nitrogens with zero attached hydrogens (tertiary/aromatic N) is 3. The molecule has 7 nitrogen and oxygen atoms in total. The van der Waals surface area contributed by atoms with Gasteiger partial charge in [-0.05, 0) is 27.2 Å². The van der Waals surface area contributed by atoms with Gasteiger partial charge < -0.3 is 20.3 Å². The van der Waals surface area contributed by atoms with Crippen molar-refractivity contribution in [3.05, 3.63) is 16.1 Å². The molecule has 0 radical (unpaired) electrons. The second-order valence-electron chi connectivity index (χ2n) is 8.86. The number of hydrogen-bond acceptors (Lipinski definition) is 5. The third-order valence-corrected chi connectivity index (χ3v) is 4.99. The summed E-state index contributed by atoms with van der Waals surface area (Å²) in [6.45, 7) is 14.3. The van der Waals surface area contributed by atoms with Crippen LogP contribution in [0.15, 0.2) is 10.4 Å². The van der Waals surface area contributed by atoms with Crippen molar-refractivity contribution < 1.29 is 9.53 Å². The van der Waals surface area contributed by atoms with E-state index in [2.05, 4.69) is 46.7 Å². The molecular formula is C19H34IN5O2S. The van der Waals surface area contributed by atoms with Crippen molar-refractivity contribution in [2.45, 2.75) is 71.6 Å². The van der Waals surface area contributed by atoms with Crippen LogP contribution in [0.2, 0.25) is 0 Å². The fraction of sp³-hybridized carbons (Fsp3) is 0.737. The number of aromatic nitrogens is 1. The van der Waals surface area contributed by atoms with E-state index in [0.29, 0.717) is 13.1 Å². The number of carbonyl (C=O) groups excluding carboxylic acids is 1. The molecule has 0 aliphatic carbocycles. The maximum atomic E-state index is 12.0. The summed E-state index contributed by atoms with van der Waals surface area (Å²) < 4.78 is 5.34. The average molecular weight is 523 g/mol. The highest BCUT2D eigenvalue weighted by Crippen LogP contribution is 2.23. The summed E-state index contributed by atoms with van der Waals surface area (Å²) in [7, 11) is 1.78. The minimum absolute atomic E-state index is 0. The lowest BCUT2D eigenvalue weighted by Gasteiger charge is -2.23. The summed E-state index contributed by atoms with van der Waals surface area (Å²) in [6.07, 6.45) is 0.501. The number of amides is 1. The highest BCUT2D eigenvalue weighted by Gasteiger charge is 2.28. The van der Waals surface area contributed by atoms with E-state index in [9.17, 15) is 4.79 Å². The van der Waals surface area contributed by atoms with Gasteiger partial charge in [0, 0.05) is 30.9 Å². The Bertz CT molecular complexity index is 679. The molecule has 28 heavy (non-hydrogen) atoms. The van der Waals surface area contributed by atoms with E-state index in [4.69, 9.17) is 9.72 Å². The fourth-order valence-corrected chi connectivity index (χ4v) is 3.73. The molecule has 2 N–H and O–H groups in total. The Kier molecular flexibility index (Phi) is 8.98. The highest BCUT2D eigenvalue weighted by atomic mass is 127. The van der Waals surface area contributed by atoms with Gasteiger partial charge >= 0.3 is 6.09 Å². The second kappa shape index (κ2) is 10.1. The van der Waals surface area contributed by atoms with Crippen LogP contribution in [0.25, 0.3) is 0 Å². The molecule has 1 fully saturated rings. The molecule has 1 saturated heterocycles. The van der Waals surface area contributed by atoms with Crippen molar-refractivity contribution in [1.82, 2.24) is 20.5 Å². The molecule has 1 amide bonds. The van der Waals surface area contributed by atoms with Crippen LogP contribution in [0.3, 0.4) is 0 Å². The molecule has 2 rings (SSSR count). The summed E-state index contributed by atoms with van der Waals surface area (Å²) in [4.78, 5) is 23.2. The number of carbonyl (C=O) groups is 1. The molecule has 1 unspecified atom stereocenters. The van der Waals surface area contributed by atoms with Gasteiger partial charge in [-0.25, -0.2) is 9.78 Å². The summed E-state index contributed by atoms with van der Waals surface area (Å²) in [5, 5.41) is 9.49. The first-order valence-electron chi connectivity index (χ1n) is 9.38. The Balaban J connectivity index is 0.00000392. The summed E-state index contributed by atoms with van der Waals surface area (Å²) in [6, 6.07) is 0.0609. The van der Waals surface area contributed by atoms with Crippen LogP contribution in [0.5, 0.6) is 0 Å². The second-order valence-corrected chi connectivity index (χ2v) is 9.80. The van der Waals surface area contributed by atoms with Gasteiger partial charge in [0.05, 0.1) is 18.3 Å². The zero-order chi connectivity index (χ0) is 20.2. The number of halogens is 1. The van der Waals surface area contributed by atoms with Crippen LogP contribution < -0.4 is 10.6 Å². The highest BCUT2D eigenvalue weighted by molar-refractivity contribution is 14.0. The number of guanidine groups is 1. The molecule has 1 aromatic heterocycles. The zero-order valence-corrected chi connectivity index (χ0v) is 21.1. The molecule has 0 bridgehead atoms. The number of ether oxygens (including phenoxy) is 1. The third kappa shape index (κ3) is 7.73. The SMILES string of the molecule is CN=C(NCc1nc(C(C)(C)C)cs1)N1CCC(NC(=O)OC(C)(C)C)C1.I. The Morgan fingerprint density at radius 3 is 2.57 bits per heavy atom. The summed E-state index contributed by atoms with van der Waals surface area (Å²) >= 11 is 1.66. The topological polar surface area (TPSA) is 78.9 Å². The molecule has 0 saturated carbocycles. The first-order valence-corrected chi connectivity index (χ1v) is 10.3. The van der Waals surface area contributed by atoms with E-state index in [1.807, 2.05) is 20.8 Å². The van der Waals surface area contributed by atoms with E-state index in [1.165, 1.54) is 0 Å².